The van der Waals surface area contributed by atoms with E-state index in [4.69, 9.17) is 5.11 Å². The highest BCUT2D eigenvalue weighted by Gasteiger charge is 2.45. The summed E-state index contributed by atoms with van der Waals surface area (Å²) in [5, 5.41) is 33.5. The number of unbranched alkanes of at least 4 members (excludes halogenated alkanes) is 4. The van der Waals surface area contributed by atoms with E-state index in [0.717, 1.165) is 57.9 Å². The molecule has 0 amide bonds. The maximum atomic E-state index is 11.1. The zero-order valence-electron chi connectivity index (χ0n) is 21.4. The molecule has 3 aliphatic heterocycles. The van der Waals surface area contributed by atoms with Gasteiger partial charge in [-0.3, -0.25) is 19.6 Å². The number of rotatable bonds is 14. The van der Waals surface area contributed by atoms with E-state index < -0.39 is 11.6 Å². The van der Waals surface area contributed by atoms with E-state index in [2.05, 4.69) is 27.0 Å². The summed E-state index contributed by atoms with van der Waals surface area (Å²) in [4.78, 5) is 20.5. The molecule has 0 saturated carbocycles. The second-order valence-electron chi connectivity index (χ2n) is 11.0. The predicted molar refractivity (Wildman–Crippen MR) is 135 cm³/mol. The summed E-state index contributed by atoms with van der Waals surface area (Å²) in [5.74, 6) is -0.177. The third kappa shape index (κ3) is 7.72. The number of nitrogens with one attached hydrogen (secondary N) is 1. The first-order valence-corrected chi connectivity index (χ1v) is 13.6. The van der Waals surface area contributed by atoms with Gasteiger partial charge in [0.05, 0.1) is 24.8 Å². The van der Waals surface area contributed by atoms with Crippen LogP contribution in [0.2, 0.25) is 0 Å². The molecule has 196 valence electrons. The lowest BCUT2D eigenvalue weighted by atomic mass is 9.77. The van der Waals surface area contributed by atoms with Gasteiger partial charge in [-0.2, -0.15) is 0 Å². The zero-order valence-corrected chi connectivity index (χ0v) is 21.4. The van der Waals surface area contributed by atoms with Crippen molar-refractivity contribution in [3.05, 3.63) is 0 Å². The lowest BCUT2D eigenvalue weighted by molar-refractivity contribution is -0.142. The predicted octanol–water partition coefficient (Wildman–Crippen LogP) is 2.48. The van der Waals surface area contributed by atoms with E-state index in [1.54, 1.807) is 0 Å². The number of carboxylic acid groups (broad SMARTS) is 1. The number of likely N-dealkylation sites (N-methyl/N-ethyl adjacent to an activating group) is 1. The number of aliphatic imine (C=N–C) groups is 1. The van der Waals surface area contributed by atoms with Gasteiger partial charge in [-0.15, -0.1) is 0 Å². The van der Waals surface area contributed by atoms with Crippen LogP contribution in [0.3, 0.4) is 0 Å². The van der Waals surface area contributed by atoms with Crippen molar-refractivity contribution in [3.8, 4) is 0 Å². The van der Waals surface area contributed by atoms with Crippen LogP contribution in [0.4, 0.5) is 0 Å². The van der Waals surface area contributed by atoms with Crippen LogP contribution < -0.4 is 5.32 Å². The number of carboxylic acids is 1. The van der Waals surface area contributed by atoms with Gasteiger partial charge in [0.2, 0.25) is 0 Å². The molecule has 4 N–H and O–H groups in total. The van der Waals surface area contributed by atoms with Crippen molar-refractivity contribution >= 4 is 12.2 Å². The Kier molecular flexibility index (Phi) is 10.8. The van der Waals surface area contributed by atoms with Gasteiger partial charge < -0.3 is 20.6 Å². The molecule has 6 atom stereocenters. The van der Waals surface area contributed by atoms with Crippen LogP contribution in [0.1, 0.15) is 84.5 Å². The summed E-state index contributed by atoms with van der Waals surface area (Å²) in [6.07, 6.45) is 12.2. The van der Waals surface area contributed by atoms with Crippen LogP contribution in [0.15, 0.2) is 4.99 Å². The fourth-order valence-electron chi connectivity index (χ4n) is 6.37. The number of hydrogen-bond donors (Lipinski definition) is 4. The van der Waals surface area contributed by atoms with E-state index >= 15 is 0 Å². The Morgan fingerprint density at radius 2 is 1.94 bits per heavy atom. The fourth-order valence-corrected chi connectivity index (χ4v) is 6.37. The molecule has 0 radical (unpaired) electrons. The van der Waals surface area contributed by atoms with Gasteiger partial charge in [0, 0.05) is 37.4 Å². The normalized spacial score (nSPS) is 31.9. The molecular formula is C26H48N4O4. The first kappa shape index (κ1) is 27.5. The summed E-state index contributed by atoms with van der Waals surface area (Å²) in [7, 11) is 0. The van der Waals surface area contributed by atoms with Gasteiger partial charge in [0.25, 0.3) is 0 Å². The summed E-state index contributed by atoms with van der Waals surface area (Å²) in [6.45, 7) is 8.00. The third-order valence-corrected chi connectivity index (χ3v) is 8.42. The standard InChI is InChI=1S/C26H48N4O4/c1-3-27-18-26(34,17-25(32)33)11-8-6-4-5-7-9-21-10-13-30-20(2)24(31)16-22(23(30)15-21)29-14-12-28-19-29/h12,20-24,27,31,34H,3-11,13-19H2,1-2H3,(H,32,33)/t20-,21+,22-,23+,24+,26+/m0/s1. The van der Waals surface area contributed by atoms with Gasteiger partial charge in [-0.1, -0.05) is 45.4 Å². The number of aliphatic hydroxyl groups is 2. The maximum Gasteiger partial charge on any atom is 0.306 e. The highest BCUT2D eigenvalue weighted by atomic mass is 16.4. The second-order valence-corrected chi connectivity index (χ2v) is 11.0. The van der Waals surface area contributed by atoms with Crippen LogP contribution in [-0.4, -0.2) is 100.0 Å². The molecule has 0 aromatic heterocycles. The van der Waals surface area contributed by atoms with E-state index in [9.17, 15) is 15.0 Å². The van der Waals surface area contributed by atoms with Gasteiger partial charge in [-0.05, 0) is 51.6 Å². The minimum Gasteiger partial charge on any atom is -0.481 e. The molecule has 34 heavy (non-hydrogen) atoms. The topological polar surface area (TPSA) is 109 Å². The molecular weight excluding hydrogens is 432 g/mol. The summed E-state index contributed by atoms with van der Waals surface area (Å²) in [5.41, 5.74) is -1.14. The Morgan fingerprint density at radius 1 is 1.18 bits per heavy atom. The SMILES string of the molecule is CCNC[C@@](O)(CCCCCCC[C@@H]1CCN2[C@H](C1)[C@@H](N1CC=NC1)C[C@@H](O)[C@@H]2C)CC(=O)O. The number of hydrogen-bond acceptors (Lipinski definition) is 7. The quantitative estimate of drug-likeness (QED) is 0.283. The molecule has 0 aliphatic carbocycles. The molecule has 2 saturated heterocycles. The largest absolute Gasteiger partial charge is 0.481 e. The summed E-state index contributed by atoms with van der Waals surface area (Å²) in [6, 6.07) is 1.18. The second kappa shape index (κ2) is 13.3. The highest BCUT2D eigenvalue weighted by molar-refractivity contribution is 5.68. The first-order valence-electron chi connectivity index (χ1n) is 13.6. The molecule has 3 aliphatic rings. The molecule has 0 aromatic carbocycles. The number of nitrogens with zero attached hydrogens (tertiary/aromatic N) is 3. The minimum absolute atomic E-state index is 0.194. The number of aliphatic carboxylic acids is 1. The maximum absolute atomic E-state index is 11.1. The Hall–Kier alpha value is -1.06. The summed E-state index contributed by atoms with van der Waals surface area (Å²) >= 11 is 0. The molecule has 3 rings (SSSR count). The van der Waals surface area contributed by atoms with Gasteiger partial charge in [-0.25, -0.2) is 0 Å². The number of piperidine rings is 2. The number of aliphatic hydroxyl groups excluding tert-OH is 1. The van der Waals surface area contributed by atoms with Crippen LogP contribution in [0.5, 0.6) is 0 Å². The highest BCUT2D eigenvalue weighted by Crippen LogP contribution is 2.37. The zero-order chi connectivity index (χ0) is 24.6. The van der Waals surface area contributed by atoms with E-state index in [0.29, 0.717) is 25.0 Å². The molecule has 0 bridgehead atoms. The van der Waals surface area contributed by atoms with Crippen LogP contribution in [0.25, 0.3) is 0 Å². The van der Waals surface area contributed by atoms with Gasteiger partial charge >= 0.3 is 5.97 Å². The van der Waals surface area contributed by atoms with Crippen molar-refractivity contribution in [1.82, 2.24) is 15.1 Å². The van der Waals surface area contributed by atoms with Crippen LogP contribution >= 0.6 is 0 Å². The Labute approximate surface area is 205 Å². The summed E-state index contributed by atoms with van der Waals surface area (Å²) < 4.78 is 0. The average Bonchev–Trinajstić information content (AvgIpc) is 3.34. The molecule has 0 spiro atoms. The molecule has 2 fully saturated rings. The average molecular weight is 481 g/mol. The van der Waals surface area contributed by atoms with Crippen molar-refractivity contribution in [2.24, 2.45) is 10.9 Å². The van der Waals surface area contributed by atoms with E-state index in [-0.39, 0.29) is 18.6 Å². The molecule has 8 nitrogen and oxygen atoms in total. The first-order chi connectivity index (χ1) is 16.3. The van der Waals surface area contributed by atoms with Gasteiger partial charge in [0.15, 0.2) is 0 Å². The third-order valence-electron chi connectivity index (χ3n) is 8.42. The lowest BCUT2D eigenvalue weighted by Crippen LogP contribution is -2.64. The van der Waals surface area contributed by atoms with Crippen LogP contribution in [-0.2, 0) is 4.79 Å². The number of carbonyl (C=O) groups is 1. The van der Waals surface area contributed by atoms with Crippen molar-refractivity contribution in [3.63, 3.8) is 0 Å². The van der Waals surface area contributed by atoms with Gasteiger partial charge in [0.1, 0.15) is 0 Å². The molecule has 8 heteroatoms. The van der Waals surface area contributed by atoms with E-state index in [1.165, 1.54) is 32.1 Å². The van der Waals surface area contributed by atoms with Crippen molar-refractivity contribution in [1.29, 1.82) is 0 Å². The van der Waals surface area contributed by atoms with Crippen molar-refractivity contribution < 1.29 is 20.1 Å². The fraction of sp³-hybridized carbons (Fsp3) is 0.923. The number of fused-ring (bicyclic) bond motifs is 1. The van der Waals surface area contributed by atoms with Crippen molar-refractivity contribution in [2.45, 2.75) is 114 Å². The Bertz CT molecular complexity index is 655. The molecule has 0 unspecified atom stereocenters. The Balaban J connectivity index is 1.36. The Morgan fingerprint density at radius 3 is 2.65 bits per heavy atom. The smallest absolute Gasteiger partial charge is 0.306 e. The minimum atomic E-state index is -1.14. The molecule has 0 aromatic rings. The monoisotopic (exact) mass is 480 g/mol. The van der Waals surface area contributed by atoms with Crippen LogP contribution in [0, 0.1) is 5.92 Å². The lowest BCUT2D eigenvalue weighted by Gasteiger charge is -2.53. The van der Waals surface area contributed by atoms with Crippen molar-refractivity contribution in [2.75, 3.05) is 32.8 Å². The molecule has 3 heterocycles. The van der Waals surface area contributed by atoms with E-state index in [1.807, 2.05) is 13.1 Å².